The number of nitrogens with zero attached hydrogens (tertiary/aromatic N) is 1. The van der Waals surface area contributed by atoms with Crippen molar-refractivity contribution in [3.05, 3.63) is 18.3 Å². The number of anilines is 1. The lowest BCUT2D eigenvalue weighted by Crippen LogP contribution is -2.20. The quantitative estimate of drug-likeness (QED) is 0.546. The van der Waals surface area contributed by atoms with Gasteiger partial charge in [-0.2, -0.15) is 0 Å². The van der Waals surface area contributed by atoms with Crippen LogP contribution < -0.4 is 10.0 Å². The minimum atomic E-state index is 0.786. The lowest BCUT2D eigenvalue weighted by molar-refractivity contribution is 0.984. The molecule has 0 atom stereocenters. The van der Waals surface area contributed by atoms with Gasteiger partial charge >= 0.3 is 0 Å². The second-order valence-electron chi connectivity index (χ2n) is 1.95. The van der Waals surface area contributed by atoms with E-state index in [9.17, 15) is 0 Å². The van der Waals surface area contributed by atoms with E-state index in [1.807, 2.05) is 12.1 Å². The summed E-state index contributed by atoms with van der Waals surface area (Å²) in [7, 11) is 0. The normalized spacial score (nSPS) is 15.6. The minimum Gasteiger partial charge on any atom is -0.356 e. The number of hydrogen-bond acceptors (Lipinski definition) is 4. The molecule has 2 rings (SSSR count). The molecule has 0 saturated heterocycles. The molecular weight excluding hydrogens is 146 g/mol. The van der Waals surface area contributed by atoms with E-state index in [1.54, 1.807) is 18.1 Å². The summed E-state index contributed by atoms with van der Waals surface area (Å²) in [5, 5.41) is 3.12. The van der Waals surface area contributed by atoms with E-state index in [4.69, 9.17) is 0 Å². The van der Waals surface area contributed by atoms with Crippen molar-refractivity contribution in [2.45, 2.75) is 4.90 Å². The number of rotatable bonds is 0. The van der Waals surface area contributed by atoms with Gasteiger partial charge in [0, 0.05) is 6.20 Å². The molecule has 3 nitrogen and oxygen atoms in total. The van der Waals surface area contributed by atoms with E-state index >= 15 is 0 Å². The molecule has 0 unspecified atom stereocenters. The maximum absolute atomic E-state index is 4.15. The van der Waals surface area contributed by atoms with Gasteiger partial charge in [0.25, 0.3) is 0 Å². The molecule has 0 amide bonds. The Morgan fingerprint density at radius 3 is 3.50 bits per heavy atom. The summed E-state index contributed by atoms with van der Waals surface area (Å²) in [5.74, 6) is 0.978. The molecule has 1 aromatic rings. The number of fused-ring (bicyclic) bond motifs is 1. The van der Waals surface area contributed by atoms with Gasteiger partial charge in [-0.15, -0.1) is 0 Å². The van der Waals surface area contributed by atoms with Crippen molar-refractivity contribution < 1.29 is 0 Å². The van der Waals surface area contributed by atoms with Crippen molar-refractivity contribution >= 4 is 17.8 Å². The van der Waals surface area contributed by atoms with Crippen molar-refractivity contribution in [3.63, 3.8) is 0 Å². The molecule has 0 aromatic carbocycles. The van der Waals surface area contributed by atoms with E-state index < -0.39 is 0 Å². The molecule has 1 aliphatic heterocycles. The van der Waals surface area contributed by atoms with Gasteiger partial charge in [0.05, 0.1) is 11.6 Å². The van der Waals surface area contributed by atoms with Crippen LogP contribution >= 0.6 is 11.9 Å². The highest BCUT2D eigenvalue weighted by Gasteiger charge is 2.06. The Balaban J connectivity index is 2.41. The second kappa shape index (κ2) is 2.48. The van der Waals surface area contributed by atoms with Crippen LogP contribution in [0.4, 0.5) is 5.82 Å². The van der Waals surface area contributed by atoms with Crippen LogP contribution in [-0.4, -0.2) is 11.7 Å². The zero-order chi connectivity index (χ0) is 6.81. The predicted molar refractivity (Wildman–Crippen MR) is 41.7 cm³/mol. The van der Waals surface area contributed by atoms with Crippen LogP contribution in [0.1, 0.15) is 0 Å². The van der Waals surface area contributed by atoms with Crippen LogP contribution in [0, 0.1) is 0 Å². The van der Waals surface area contributed by atoms with E-state index in [-0.39, 0.29) is 0 Å². The first-order chi connectivity index (χ1) is 4.97. The van der Waals surface area contributed by atoms with Gasteiger partial charge in [0.1, 0.15) is 5.82 Å². The first-order valence-electron chi connectivity index (χ1n) is 3.05. The predicted octanol–water partition coefficient (Wildman–Crippen LogP) is 1.06. The molecule has 1 aromatic heterocycles. The maximum Gasteiger partial charge on any atom is 0.141 e. The Morgan fingerprint density at radius 1 is 1.60 bits per heavy atom. The van der Waals surface area contributed by atoms with Crippen LogP contribution in [0.5, 0.6) is 0 Å². The molecule has 0 aliphatic carbocycles. The molecule has 10 heavy (non-hydrogen) atoms. The fourth-order valence-electron chi connectivity index (χ4n) is 0.839. The SMILES string of the molecule is c1cnc2c(c1)SNCN2. The van der Waals surface area contributed by atoms with E-state index in [1.165, 1.54) is 0 Å². The lowest BCUT2D eigenvalue weighted by atomic mass is 10.4. The van der Waals surface area contributed by atoms with E-state index in [0.29, 0.717) is 0 Å². The largest absolute Gasteiger partial charge is 0.356 e. The summed E-state index contributed by atoms with van der Waals surface area (Å²) in [4.78, 5) is 5.31. The van der Waals surface area contributed by atoms with Crippen molar-refractivity contribution in [1.29, 1.82) is 0 Å². The van der Waals surface area contributed by atoms with Gasteiger partial charge in [-0.3, -0.25) is 0 Å². The molecule has 0 fully saturated rings. The summed E-state index contributed by atoms with van der Waals surface area (Å²) < 4.78 is 3.11. The average Bonchev–Trinajstić information content (AvgIpc) is 2.05. The monoisotopic (exact) mass is 153 g/mol. The van der Waals surface area contributed by atoms with Gasteiger partial charge in [-0.05, 0) is 24.1 Å². The highest BCUT2D eigenvalue weighted by molar-refractivity contribution is 7.97. The Morgan fingerprint density at radius 2 is 2.60 bits per heavy atom. The van der Waals surface area contributed by atoms with Crippen LogP contribution in [0.3, 0.4) is 0 Å². The molecule has 52 valence electrons. The Hall–Kier alpha value is -0.740. The van der Waals surface area contributed by atoms with Crippen LogP contribution in [0.25, 0.3) is 0 Å². The molecule has 1 aliphatic rings. The summed E-state index contributed by atoms with van der Waals surface area (Å²) in [6.07, 6.45) is 1.79. The average molecular weight is 153 g/mol. The molecule has 4 heteroatoms. The molecule has 0 saturated carbocycles. The third-order valence-electron chi connectivity index (χ3n) is 1.28. The Labute approximate surface area is 63.4 Å². The third kappa shape index (κ3) is 0.955. The van der Waals surface area contributed by atoms with Crippen molar-refractivity contribution in [1.82, 2.24) is 9.71 Å². The summed E-state index contributed by atoms with van der Waals surface area (Å²) in [5.41, 5.74) is 0. The lowest BCUT2D eigenvalue weighted by Gasteiger charge is -2.15. The van der Waals surface area contributed by atoms with Crippen molar-refractivity contribution in [2.75, 3.05) is 12.0 Å². The molecule has 0 bridgehead atoms. The fourth-order valence-corrected chi connectivity index (χ4v) is 1.51. The molecule has 2 N–H and O–H groups in total. The summed E-state index contributed by atoms with van der Waals surface area (Å²) >= 11 is 1.61. The Kier molecular flexibility index (Phi) is 1.49. The first kappa shape index (κ1) is 6.00. The molecule has 0 spiro atoms. The summed E-state index contributed by atoms with van der Waals surface area (Å²) in [6.45, 7) is 0.786. The topological polar surface area (TPSA) is 37.0 Å². The zero-order valence-electron chi connectivity index (χ0n) is 5.29. The fraction of sp³-hybridized carbons (Fsp3) is 0.167. The standard InChI is InChI=1S/C6H7N3S/c1-2-5-6(7-3-1)8-4-9-10-5/h1-3,9H,4H2,(H,7,8). The van der Waals surface area contributed by atoms with Crippen molar-refractivity contribution in [2.24, 2.45) is 0 Å². The third-order valence-corrected chi connectivity index (χ3v) is 2.12. The van der Waals surface area contributed by atoms with Crippen molar-refractivity contribution in [3.8, 4) is 0 Å². The van der Waals surface area contributed by atoms with Crippen LogP contribution in [-0.2, 0) is 0 Å². The number of pyridine rings is 1. The number of hydrogen-bond donors (Lipinski definition) is 2. The van der Waals surface area contributed by atoms with Gasteiger partial charge < -0.3 is 5.32 Å². The van der Waals surface area contributed by atoms with Gasteiger partial charge in [0.15, 0.2) is 0 Å². The molecular formula is C6H7N3S. The molecule has 0 radical (unpaired) electrons. The highest BCUT2D eigenvalue weighted by Crippen LogP contribution is 2.24. The van der Waals surface area contributed by atoms with Gasteiger partial charge in [0.2, 0.25) is 0 Å². The number of nitrogens with one attached hydrogen (secondary N) is 2. The van der Waals surface area contributed by atoms with E-state index in [2.05, 4.69) is 15.0 Å². The van der Waals surface area contributed by atoms with Crippen LogP contribution in [0.2, 0.25) is 0 Å². The maximum atomic E-state index is 4.15. The Bertz CT molecular complexity index is 213. The number of aromatic nitrogens is 1. The zero-order valence-corrected chi connectivity index (χ0v) is 6.11. The first-order valence-corrected chi connectivity index (χ1v) is 3.87. The minimum absolute atomic E-state index is 0.786. The van der Waals surface area contributed by atoms with Gasteiger partial charge in [-0.1, -0.05) is 0 Å². The van der Waals surface area contributed by atoms with E-state index in [0.717, 1.165) is 17.4 Å². The van der Waals surface area contributed by atoms with Crippen LogP contribution in [0.15, 0.2) is 23.2 Å². The molecule has 2 heterocycles. The smallest absolute Gasteiger partial charge is 0.141 e. The second-order valence-corrected chi connectivity index (χ2v) is 2.88. The highest BCUT2D eigenvalue weighted by atomic mass is 32.2. The van der Waals surface area contributed by atoms with Gasteiger partial charge in [-0.25, -0.2) is 9.71 Å². The summed E-state index contributed by atoms with van der Waals surface area (Å²) in [6, 6.07) is 3.96.